The van der Waals surface area contributed by atoms with Gasteiger partial charge >= 0.3 is 0 Å². The minimum absolute atomic E-state index is 0.0671. The summed E-state index contributed by atoms with van der Waals surface area (Å²) in [5.41, 5.74) is 0. The van der Waals surface area contributed by atoms with E-state index in [2.05, 4.69) is 4.90 Å². The Kier molecular flexibility index (Phi) is 2.66. The maximum absolute atomic E-state index is 9.26. The Morgan fingerprint density at radius 1 is 1.46 bits per heavy atom. The van der Waals surface area contributed by atoms with Crippen molar-refractivity contribution in [3.8, 4) is 0 Å². The first kappa shape index (κ1) is 8.78. The Balaban J connectivity index is 2.08. The normalized spacial score (nSPS) is 20.7. The largest absolute Gasteiger partial charge is 0.468 e. The molecule has 3 nitrogen and oxygen atoms in total. The molecule has 0 aromatic carbocycles. The van der Waals surface area contributed by atoms with E-state index in [1.165, 1.54) is 12.8 Å². The highest BCUT2D eigenvalue weighted by molar-refractivity contribution is 5.05. The van der Waals surface area contributed by atoms with Crippen LogP contribution in [-0.2, 0) is 0 Å². The monoisotopic (exact) mass is 181 g/mol. The van der Waals surface area contributed by atoms with Crippen molar-refractivity contribution < 1.29 is 9.52 Å². The SMILES string of the molecule is OCC(c1ccco1)N1CCCC1. The second-order valence-electron chi connectivity index (χ2n) is 3.46. The van der Waals surface area contributed by atoms with Crippen molar-refractivity contribution in [2.24, 2.45) is 0 Å². The number of furan rings is 1. The summed E-state index contributed by atoms with van der Waals surface area (Å²) in [5.74, 6) is 0.879. The molecule has 1 aliphatic rings. The van der Waals surface area contributed by atoms with Crippen LogP contribution in [0.3, 0.4) is 0 Å². The van der Waals surface area contributed by atoms with E-state index in [-0.39, 0.29) is 12.6 Å². The highest BCUT2D eigenvalue weighted by Gasteiger charge is 2.24. The number of hydrogen-bond donors (Lipinski definition) is 1. The third-order valence-electron chi connectivity index (χ3n) is 2.63. The summed E-state index contributed by atoms with van der Waals surface area (Å²) in [5, 5.41) is 9.26. The lowest BCUT2D eigenvalue weighted by molar-refractivity contribution is 0.129. The standard InChI is InChI=1S/C10H15NO2/c12-8-9(10-4-3-7-13-10)11-5-1-2-6-11/h3-4,7,9,12H,1-2,5-6,8H2. The van der Waals surface area contributed by atoms with Crippen molar-refractivity contribution in [2.45, 2.75) is 18.9 Å². The van der Waals surface area contributed by atoms with E-state index in [1.54, 1.807) is 6.26 Å². The average molecular weight is 181 g/mol. The second kappa shape index (κ2) is 3.94. The first-order valence-electron chi connectivity index (χ1n) is 4.80. The fourth-order valence-electron chi connectivity index (χ4n) is 1.92. The molecule has 0 spiro atoms. The van der Waals surface area contributed by atoms with Crippen LogP contribution >= 0.6 is 0 Å². The molecule has 1 atom stereocenters. The molecule has 72 valence electrons. The molecule has 0 radical (unpaired) electrons. The van der Waals surface area contributed by atoms with E-state index in [0.29, 0.717) is 0 Å². The summed E-state index contributed by atoms with van der Waals surface area (Å²) in [6, 6.07) is 3.87. The minimum atomic E-state index is 0.0671. The molecule has 0 bridgehead atoms. The van der Waals surface area contributed by atoms with Crippen molar-refractivity contribution in [2.75, 3.05) is 19.7 Å². The van der Waals surface area contributed by atoms with Gasteiger partial charge in [0.1, 0.15) is 5.76 Å². The Labute approximate surface area is 78.0 Å². The molecule has 1 aliphatic heterocycles. The van der Waals surface area contributed by atoms with Gasteiger partial charge in [-0.15, -0.1) is 0 Å². The summed E-state index contributed by atoms with van der Waals surface area (Å²) in [6.45, 7) is 2.30. The molecule has 2 rings (SSSR count). The Morgan fingerprint density at radius 3 is 2.77 bits per heavy atom. The van der Waals surface area contributed by atoms with Crippen LogP contribution in [-0.4, -0.2) is 29.7 Å². The van der Waals surface area contributed by atoms with Gasteiger partial charge in [0.2, 0.25) is 0 Å². The van der Waals surface area contributed by atoms with E-state index < -0.39 is 0 Å². The zero-order valence-corrected chi connectivity index (χ0v) is 7.65. The van der Waals surface area contributed by atoms with Gasteiger partial charge in [0.05, 0.1) is 18.9 Å². The van der Waals surface area contributed by atoms with Gasteiger partial charge < -0.3 is 9.52 Å². The predicted octanol–water partition coefficient (Wildman–Crippen LogP) is 1.41. The van der Waals surface area contributed by atoms with Crippen LogP contribution in [0.1, 0.15) is 24.6 Å². The van der Waals surface area contributed by atoms with Crippen molar-refractivity contribution in [3.63, 3.8) is 0 Å². The number of rotatable bonds is 3. The molecule has 1 aromatic heterocycles. The summed E-state index contributed by atoms with van der Waals surface area (Å²) >= 11 is 0. The summed E-state index contributed by atoms with van der Waals surface area (Å²) in [4.78, 5) is 2.28. The van der Waals surface area contributed by atoms with Crippen molar-refractivity contribution in [1.29, 1.82) is 0 Å². The van der Waals surface area contributed by atoms with Crippen molar-refractivity contribution in [1.82, 2.24) is 4.90 Å². The van der Waals surface area contributed by atoms with Crippen LogP contribution in [0.25, 0.3) is 0 Å². The van der Waals surface area contributed by atoms with Crippen molar-refractivity contribution in [3.05, 3.63) is 24.2 Å². The molecule has 1 saturated heterocycles. The summed E-state index contributed by atoms with van der Waals surface area (Å²) in [7, 11) is 0. The molecule has 0 saturated carbocycles. The molecule has 1 aromatic rings. The van der Waals surface area contributed by atoms with Crippen LogP contribution in [0, 0.1) is 0 Å². The number of nitrogens with zero attached hydrogens (tertiary/aromatic N) is 1. The Morgan fingerprint density at radius 2 is 2.23 bits per heavy atom. The van der Waals surface area contributed by atoms with Gasteiger partial charge in [-0.1, -0.05) is 0 Å². The van der Waals surface area contributed by atoms with Crippen LogP contribution < -0.4 is 0 Å². The van der Waals surface area contributed by atoms with Crippen LogP contribution in [0.15, 0.2) is 22.8 Å². The maximum atomic E-state index is 9.26. The van der Waals surface area contributed by atoms with E-state index in [9.17, 15) is 5.11 Å². The number of aliphatic hydroxyl groups excluding tert-OH is 1. The Hall–Kier alpha value is -0.800. The number of likely N-dealkylation sites (tertiary alicyclic amines) is 1. The molecular formula is C10H15NO2. The zero-order valence-electron chi connectivity index (χ0n) is 7.65. The maximum Gasteiger partial charge on any atom is 0.123 e. The molecule has 0 aliphatic carbocycles. The lowest BCUT2D eigenvalue weighted by Crippen LogP contribution is -2.27. The average Bonchev–Trinajstić information content (AvgIpc) is 2.76. The number of hydrogen-bond acceptors (Lipinski definition) is 3. The van der Waals surface area contributed by atoms with Gasteiger partial charge in [-0.3, -0.25) is 4.90 Å². The molecule has 1 N–H and O–H groups in total. The smallest absolute Gasteiger partial charge is 0.123 e. The van der Waals surface area contributed by atoms with E-state index in [1.807, 2.05) is 12.1 Å². The zero-order chi connectivity index (χ0) is 9.10. The highest BCUT2D eigenvalue weighted by atomic mass is 16.3. The lowest BCUT2D eigenvalue weighted by Gasteiger charge is -2.23. The van der Waals surface area contributed by atoms with Gasteiger partial charge in [0.25, 0.3) is 0 Å². The molecule has 1 unspecified atom stereocenters. The van der Waals surface area contributed by atoms with Crippen LogP contribution in [0.5, 0.6) is 0 Å². The second-order valence-corrected chi connectivity index (χ2v) is 3.46. The molecule has 1 fully saturated rings. The first-order chi connectivity index (χ1) is 6.42. The first-order valence-corrected chi connectivity index (χ1v) is 4.80. The summed E-state index contributed by atoms with van der Waals surface area (Å²) < 4.78 is 5.30. The lowest BCUT2D eigenvalue weighted by atomic mass is 10.2. The Bertz CT molecular complexity index is 239. The van der Waals surface area contributed by atoms with Gasteiger partial charge in [0.15, 0.2) is 0 Å². The molecular weight excluding hydrogens is 166 g/mol. The van der Waals surface area contributed by atoms with E-state index in [4.69, 9.17) is 4.42 Å². The summed E-state index contributed by atoms with van der Waals surface area (Å²) in [6.07, 6.45) is 4.13. The van der Waals surface area contributed by atoms with Crippen LogP contribution in [0.4, 0.5) is 0 Å². The van der Waals surface area contributed by atoms with Gasteiger partial charge in [-0.05, 0) is 38.1 Å². The third kappa shape index (κ3) is 1.76. The molecule has 2 heterocycles. The fourth-order valence-corrected chi connectivity index (χ4v) is 1.92. The van der Waals surface area contributed by atoms with Crippen molar-refractivity contribution >= 4 is 0 Å². The highest BCUT2D eigenvalue weighted by Crippen LogP contribution is 2.24. The van der Waals surface area contributed by atoms with Crippen LogP contribution in [0.2, 0.25) is 0 Å². The molecule has 13 heavy (non-hydrogen) atoms. The van der Waals surface area contributed by atoms with E-state index >= 15 is 0 Å². The van der Waals surface area contributed by atoms with Gasteiger partial charge in [-0.25, -0.2) is 0 Å². The topological polar surface area (TPSA) is 36.6 Å². The van der Waals surface area contributed by atoms with Gasteiger partial charge in [0, 0.05) is 0 Å². The predicted molar refractivity (Wildman–Crippen MR) is 49.3 cm³/mol. The van der Waals surface area contributed by atoms with Gasteiger partial charge in [-0.2, -0.15) is 0 Å². The van der Waals surface area contributed by atoms with E-state index in [0.717, 1.165) is 18.8 Å². The fraction of sp³-hybridized carbons (Fsp3) is 0.600. The minimum Gasteiger partial charge on any atom is -0.468 e. The molecule has 0 amide bonds. The third-order valence-corrected chi connectivity index (χ3v) is 2.63. The number of aliphatic hydroxyl groups is 1. The quantitative estimate of drug-likeness (QED) is 0.766. The molecule has 3 heteroatoms.